The van der Waals surface area contributed by atoms with E-state index in [-0.39, 0.29) is 0 Å². The van der Waals surface area contributed by atoms with E-state index in [1.54, 1.807) is 0 Å². The summed E-state index contributed by atoms with van der Waals surface area (Å²) in [7, 11) is 0. The summed E-state index contributed by atoms with van der Waals surface area (Å²) in [5.74, 6) is 0. The topological polar surface area (TPSA) is 27.6 Å². The van der Waals surface area contributed by atoms with Gasteiger partial charge in [0.1, 0.15) is 0 Å². The number of unbranched alkanes of at least 4 members (excludes halogenated alkanes) is 1. The van der Waals surface area contributed by atoms with Crippen LogP contribution in [0.3, 0.4) is 0 Å². The lowest BCUT2D eigenvalue weighted by Gasteiger charge is -2.29. The van der Waals surface area contributed by atoms with Crippen molar-refractivity contribution in [1.29, 1.82) is 0 Å². The largest absolute Gasteiger partial charge is 0.346 e. The highest BCUT2D eigenvalue weighted by Crippen LogP contribution is 2.20. The summed E-state index contributed by atoms with van der Waals surface area (Å²) in [5.41, 5.74) is 1.39. The zero-order valence-electron chi connectivity index (χ0n) is 12.0. The van der Waals surface area contributed by atoms with E-state index in [4.69, 9.17) is 0 Å². The van der Waals surface area contributed by atoms with Gasteiger partial charge in [0.05, 0.1) is 19.0 Å². The van der Waals surface area contributed by atoms with Crippen LogP contribution in [-0.4, -0.2) is 30.5 Å². The molecule has 19 heavy (non-hydrogen) atoms. The molecule has 2 atom stereocenters. The van der Waals surface area contributed by atoms with Crippen molar-refractivity contribution in [1.82, 2.24) is 10.2 Å². The van der Waals surface area contributed by atoms with Gasteiger partial charge < -0.3 is 4.90 Å². The number of benzene rings is 1. The smallest absolute Gasteiger partial charge is 0.0863 e. The van der Waals surface area contributed by atoms with E-state index in [0.717, 1.165) is 13.1 Å². The molecule has 2 rings (SSSR count). The Balaban J connectivity index is 1.99. The Kier molecular flexibility index (Phi) is 5.40. The van der Waals surface area contributed by atoms with Gasteiger partial charge in [0.15, 0.2) is 0 Å². The van der Waals surface area contributed by atoms with Crippen LogP contribution in [0.1, 0.15) is 44.7 Å². The van der Waals surface area contributed by atoms with Crippen LogP contribution in [0.2, 0.25) is 0 Å². The van der Waals surface area contributed by atoms with Crippen LogP contribution in [-0.2, 0) is 0 Å². The third kappa shape index (κ3) is 4.06. The second-order valence-electron chi connectivity index (χ2n) is 5.21. The monoisotopic (exact) mass is 259 g/mol. The van der Waals surface area contributed by atoms with Gasteiger partial charge in [0.25, 0.3) is 0 Å². The van der Waals surface area contributed by atoms with Gasteiger partial charge in [-0.3, -0.25) is 10.3 Å². The Morgan fingerprint density at radius 1 is 1.32 bits per heavy atom. The lowest BCUT2D eigenvalue weighted by Crippen LogP contribution is -2.43. The van der Waals surface area contributed by atoms with Crippen LogP contribution < -0.4 is 5.32 Å². The average molecular weight is 259 g/mol. The molecule has 0 spiro atoms. The van der Waals surface area contributed by atoms with Crippen molar-refractivity contribution >= 4 is 6.34 Å². The standard InChI is InChI=1S/C16H25N3/c1-3-4-10-16(15-8-6-5-7-9-15)18-14(2)19-12-11-17-13-19/h5-9,13-14,16,18H,3-4,10-12H2,1-2H3. The van der Waals surface area contributed by atoms with Crippen molar-refractivity contribution in [3.05, 3.63) is 35.9 Å². The van der Waals surface area contributed by atoms with Crippen molar-refractivity contribution < 1.29 is 0 Å². The number of rotatable bonds is 7. The molecule has 1 aliphatic rings. The summed E-state index contributed by atoms with van der Waals surface area (Å²) < 4.78 is 0. The van der Waals surface area contributed by atoms with Crippen LogP contribution >= 0.6 is 0 Å². The maximum absolute atomic E-state index is 4.29. The van der Waals surface area contributed by atoms with Crippen LogP contribution in [0.5, 0.6) is 0 Å². The van der Waals surface area contributed by atoms with Gasteiger partial charge in [-0.15, -0.1) is 0 Å². The molecule has 0 saturated carbocycles. The second kappa shape index (κ2) is 7.29. The summed E-state index contributed by atoms with van der Waals surface area (Å²) in [6.45, 7) is 6.43. The highest BCUT2D eigenvalue weighted by Gasteiger charge is 2.18. The van der Waals surface area contributed by atoms with E-state index >= 15 is 0 Å². The molecule has 1 heterocycles. The van der Waals surface area contributed by atoms with Crippen LogP contribution in [0.15, 0.2) is 35.3 Å². The molecule has 1 aromatic rings. The maximum atomic E-state index is 4.29. The van der Waals surface area contributed by atoms with Crippen molar-refractivity contribution in [2.45, 2.75) is 45.3 Å². The Morgan fingerprint density at radius 2 is 2.11 bits per heavy atom. The normalized spacial score (nSPS) is 17.7. The minimum Gasteiger partial charge on any atom is -0.346 e. The number of aliphatic imine (C=N–C) groups is 1. The van der Waals surface area contributed by atoms with E-state index in [1.807, 2.05) is 6.34 Å². The van der Waals surface area contributed by atoms with Gasteiger partial charge in [0.2, 0.25) is 0 Å². The Bertz CT molecular complexity index is 388. The molecule has 0 bridgehead atoms. The molecular weight excluding hydrogens is 234 g/mol. The molecule has 104 valence electrons. The molecule has 1 N–H and O–H groups in total. The van der Waals surface area contributed by atoms with Gasteiger partial charge in [-0.05, 0) is 18.9 Å². The van der Waals surface area contributed by atoms with Gasteiger partial charge >= 0.3 is 0 Å². The molecule has 1 aliphatic heterocycles. The van der Waals surface area contributed by atoms with Gasteiger partial charge in [-0.25, -0.2) is 0 Å². The summed E-state index contributed by atoms with van der Waals surface area (Å²) in [6, 6.07) is 11.2. The summed E-state index contributed by atoms with van der Waals surface area (Å²) in [5, 5.41) is 3.74. The van der Waals surface area contributed by atoms with E-state index in [0.29, 0.717) is 12.2 Å². The molecule has 0 aromatic heterocycles. The van der Waals surface area contributed by atoms with E-state index in [1.165, 1.54) is 24.8 Å². The van der Waals surface area contributed by atoms with E-state index < -0.39 is 0 Å². The summed E-state index contributed by atoms with van der Waals surface area (Å²) in [4.78, 5) is 6.57. The summed E-state index contributed by atoms with van der Waals surface area (Å²) >= 11 is 0. The van der Waals surface area contributed by atoms with Crippen LogP contribution in [0, 0.1) is 0 Å². The zero-order valence-corrected chi connectivity index (χ0v) is 12.0. The van der Waals surface area contributed by atoms with Gasteiger partial charge in [-0.1, -0.05) is 50.1 Å². The third-order valence-electron chi connectivity index (χ3n) is 3.71. The molecule has 0 aliphatic carbocycles. The Hall–Kier alpha value is -1.35. The fourth-order valence-corrected chi connectivity index (χ4v) is 2.51. The highest BCUT2D eigenvalue weighted by atomic mass is 15.3. The molecular formula is C16H25N3. The second-order valence-corrected chi connectivity index (χ2v) is 5.21. The zero-order chi connectivity index (χ0) is 13.5. The van der Waals surface area contributed by atoms with Gasteiger partial charge in [0, 0.05) is 12.6 Å². The molecule has 0 fully saturated rings. The van der Waals surface area contributed by atoms with E-state index in [2.05, 4.69) is 59.4 Å². The van der Waals surface area contributed by atoms with Gasteiger partial charge in [-0.2, -0.15) is 0 Å². The molecule has 1 aromatic carbocycles. The lowest BCUT2D eigenvalue weighted by atomic mass is 10.0. The van der Waals surface area contributed by atoms with Crippen LogP contribution in [0.25, 0.3) is 0 Å². The van der Waals surface area contributed by atoms with E-state index in [9.17, 15) is 0 Å². The highest BCUT2D eigenvalue weighted by molar-refractivity contribution is 5.57. The third-order valence-corrected chi connectivity index (χ3v) is 3.71. The fraction of sp³-hybridized carbons (Fsp3) is 0.562. The van der Waals surface area contributed by atoms with Crippen molar-refractivity contribution in [3.63, 3.8) is 0 Å². The number of nitrogens with one attached hydrogen (secondary N) is 1. The van der Waals surface area contributed by atoms with Crippen molar-refractivity contribution in [3.8, 4) is 0 Å². The quantitative estimate of drug-likeness (QED) is 0.814. The SMILES string of the molecule is CCCCC(NC(C)N1C=NCC1)c1ccccc1. The Labute approximate surface area is 116 Å². The Morgan fingerprint density at radius 3 is 2.74 bits per heavy atom. The van der Waals surface area contributed by atoms with Crippen molar-refractivity contribution in [2.75, 3.05) is 13.1 Å². The molecule has 3 nitrogen and oxygen atoms in total. The molecule has 0 saturated heterocycles. The summed E-state index contributed by atoms with van der Waals surface area (Å²) in [6.07, 6.45) is 6.00. The number of hydrogen-bond acceptors (Lipinski definition) is 3. The molecule has 2 unspecified atom stereocenters. The lowest BCUT2D eigenvalue weighted by molar-refractivity contribution is 0.273. The molecule has 3 heteroatoms. The predicted molar refractivity (Wildman–Crippen MR) is 81.4 cm³/mol. The predicted octanol–water partition coefficient (Wildman–Crippen LogP) is 3.20. The first-order valence-corrected chi connectivity index (χ1v) is 7.38. The molecule has 0 radical (unpaired) electrons. The first kappa shape index (κ1) is 14.1. The first-order chi connectivity index (χ1) is 9.31. The minimum atomic E-state index is 0.341. The number of hydrogen-bond donors (Lipinski definition) is 1. The number of nitrogens with zero attached hydrogens (tertiary/aromatic N) is 2. The average Bonchev–Trinajstić information content (AvgIpc) is 2.98. The fourth-order valence-electron chi connectivity index (χ4n) is 2.51. The van der Waals surface area contributed by atoms with Crippen LogP contribution in [0.4, 0.5) is 0 Å². The minimum absolute atomic E-state index is 0.341. The first-order valence-electron chi connectivity index (χ1n) is 7.38. The maximum Gasteiger partial charge on any atom is 0.0863 e. The van der Waals surface area contributed by atoms with Crippen molar-refractivity contribution in [2.24, 2.45) is 4.99 Å². The molecule has 0 amide bonds.